The van der Waals surface area contributed by atoms with Crippen molar-refractivity contribution in [2.45, 2.75) is 38.8 Å². The van der Waals surface area contributed by atoms with Crippen LogP contribution in [0.2, 0.25) is 0 Å². The Morgan fingerprint density at radius 1 is 1.47 bits per heavy atom. The Bertz CT molecular complexity index is 401. The smallest absolute Gasteiger partial charge is 0.0794 e. The van der Waals surface area contributed by atoms with Crippen LogP contribution in [0.5, 0.6) is 0 Å². The summed E-state index contributed by atoms with van der Waals surface area (Å²) in [6.07, 6.45) is 1.94. The van der Waals surface area contributed by atoms with Gasteiger partial charge in [0, 0.05) is 25.3 Å². The van der Waals surface area contributed by atoms with E-state index in [1.54, 1.807) is 0 Å². The Morgan fingerprint density at radius 2 is 2.24 bits per heavy atom. The van der Waals surface area contributed by atoms with E-state index in [1.165, 1.54) is 11.3 Å². The standard InChI is InChI=1S/C14H22N2O/c1-11-8-12(9-15)4-5-13(11)16-7-3-6-14(2,17)10-16/h4-5,8,17H,3,6-7,9-10,15H2,1-2H3. The molecule has 1 aromatic carbocycles. The highest BCUT2D eigenvalue weighted by molar-refractivity contribution is 5.55. The lowest BCUT2D eigenvalue weighted by atomic mass is 9.94. The maximum Gasteiger partial charge on any atom is 0.0794 e. The molecule has 0 bridgehead atoms. The van der Waals surface area contributed by atoms with Gasteiger partial charge >= 0.3 is 0 Å². The van der Waals surface area contributed by atoms with Crippen LogP contribution in [-0.2, 0) is 6.54 Å². The Hall–Kier alpha value is -1.06. The van der Waals surface area contributed by atoms with Gasteiger partial charge in [0.1, 0.15) is 0 Å². The summed E-state index contributed by atoms with van der Waals surface area (Å²) >= 11 is 0. The monoisotopic (exact) mass is 234 g/mol. The number of nitrogens with zero attached hydrogens (tertiary/aromatic N) is 1. The van der Waals surface area contributed by atoms with E-state index in [1.807, 2.05) is 6.92 Å². The highest BCUT2D eigenvalue weighted by atomic mass is 16.3. The van der Waals surface area contributed by atoms with Crippen molar-refractivity contribution in [2.24, 2.45) is 5.73 Å². The molecule has 3 N–H and O–H groups in total. The van der Waals surface area contributed by atoms with Crippen LogP contribution >= 0.6 is 0 Å². The van der Waals surface area contributed by atoms with E-state index in [4.69, 9.17) is 5.73 Å². The molecule has 2 rings (SSSR count). The van der Waals surface area contributed by atoms with Crippen molar-refractivity contribution in [1.82, 2.24) is 0 Å². The summed E-state index contributed by atoms with van der Waals surface area (Å²) in [4.78, 5) is 2.28. The van der Waals surface area contributed by atoms with E-state index in [-0.39, 0.29) is 0 Å². The molecule has 94 valence electrons. The molecule has 1 fully saturated rings. The normalized spacial score (nSPS) is 25.1. The highest BCUT2D eigenvalue weighted by Crippen LogP contribution is 2.28. The molecule has 0 aromatic heterocycles. The van der Waals surface area contributed by atoms with Gasteiger partial charge in [0.25, 0.3) is 0 Å². The molecule has 1 aromatic rings. The zero-order chi connectivity index (χ0) is 12.5. The van der Waals surface area contributed by atoms with Crippen LogP contribution in [0.25, 0.3) is 0 Å². The molecule has 3 heteroatoms. The fraction of sp³-hybridized carbons (Fsp3) is 0.571. The van der Waals surface area contributed by atoms with Gasteiger partial charge in [0.2, 0.25) is 0 Å². The summed E-state index contributed by atoms with van der Waals surface area (Å²) in [6.45, 7) is 6.36. The predicted octanol–water partition coefficient (Wildman–Crippen LogP) is 1.80. The predicted molar refractivity (Wildman–Crippen MR) is 71.1 cm³/mol. The van der Waals surface area contributed by atoms with Crippen molar-refractivity contribution in [2.75, 3.05) is 18.0 Å². The van der Waals surface area contributed by atoms with Crippen molar-refractivity contribution >= 4 is 5.69 Å². The molecule has 3 nitrogen and oxygen atoms in total. The van der Waals surface area contributed by atoms with Gasteiger partial charge in [-0.2, -0.15) is 0 Å². The molecule has 1 atom stereocenters. The molecule has 1 unspecified atom stereocenters. The first kappa shape index (κ1) is 12.4. The second kappa shape index (κ2) is 4.67. The third kappa shape index (κ3) is 2.79. The molecule has 1 aliphatic heterocycles. The number of anilines is 1. The van der Waals surface area contributed by atoms with Gasteiger partial charge < -0.3 is 15.7 Å². The maximum atomic E-state index is 10.1. The largest absolute Gasteiger partial charge is 0.388 e. The fourth-order valence-corrected chi connectivity index (χ4v) is 2.63. The van der Waals surface area contributed by atoms with Crippen LogP contribution in [0.4, 0.5) is 5.69 Å². The molecule has 1 aliphatic rings. The number of aliphatic hydroxyl groups is 1. The van der Waals surface area contributed by atoms with Gasteiger partial charge in [-0.1, -0.05) is 12.1 Å². The van der Waals surface area contributed by atoms with E-state index >= 15 is 0 Å². The average Bonchev–Trinajstić information content (AvgIpc) is 2.27. The first-order chi connectivity index (χ1) is 8.02. The topological polar surface area (TPSA) is 49.5 Å². The maximum absolute atomic E-state index is 10.1. The number of hydrogen-bond acceptors (Lipinski definition) is 3. The van der Waals surface area contributed by atoms with E-state index < -0.39 is 5.60 Å². The number of rotatable bonds is 2. The summed E-state index contributed by atoms with van der Waals surface area (Å²) < 4.78 is 0. The van der Waals surface area contributed by atoms with Crippen molar-refractivity contribution in [1.29, 1.82) is 0 Å². The van der Waals surface area contributed by atoms with Gasteiger partial charge in [-0.25, -0.2) is 0 Å². The molecule has 0 spiro atoms. The van der Waals surface area contributed by atoms with E-state index in [0.29, 0.717) is 6.54 Å². The molecule has 1 saturated heterocycles. The Balaban J connectivity index is 2.22. The minimum absolute atomic E-state index is 0.558. The van der Waals surface area contributed by atoms with E-state index in [9.17, 15) is 5.11 Å². The van der Waals surface area contributed by atoms with Crippen LogP contribution in [0.3, 0.4) is 0 Å². The van der Waals surface area contributed by atoms with Crippen LogP contribution in [-0.4, -0.2) is 23.8 Å². The zero-order valence-corrected chi connectivity index (χ0v) is 10.7. The molecular formula is C14H22N2O. The Morgan fingerprint density at radius 3 is 2.82 bits per heavy atom. The SMILES string of the molecule is Cc1cc(CN)ccc1N1CCCC(C)(O)C1. The number of hydrogen-bond donors (Lipinski definition) is 2. The lowest BCUT2D eigenvalue weighted by Gasteiger charge is -2.39. The third-order valence-corrected chi connectivity index (χ3v) is 3.51. The second-order valence-corrected chi connectivity index (χ2v) is 5.35. The minimum Gasteiger partial charge on any atom is -0.388 e. The summed E-state index contributed by atoms with van der Waals surface area (Å²) in [5.74, 6) is 0. The molecule has 0 saturated carbocycles. The van der Waals surface area contributed by atoms with Crippen LogP contribution < -0.4 is 10.6 Å². The fourth-order valence-electron chi connectivity index (χ4n) is 2.63. The third-order valence-electron chi connectivity index (χ3n) is 3.51. The van der Waals surface area contributed by atoms with Crippen molar-refractivity contribution < 1.29 is 5.11 Å². The van der Waals surface area contributed by atoms with Crippen LogP contribution in [0.1, 0.15) is 30.9 Å². The number of nitrogens with two attached hydrogens (primary N) is 1. The van der Waals surface area contributed by atoms with Crippen molar-refractivity contribution in [3.63, 3.8) is 0 Å². The molecule has 0 amide bonds. The van der Waals surface area contributed by atoms with Crippen LogP contribution in [0, 0.1) is 6.92 Å². The number of aryl methyl sites for hydroxylation is 1. The summed E-state index contributed by atoms with van der Waals surface area (Å²) in [5, 5.41) is 10.1. The quantitative estimate of drug-likeness (QED) is 0.820. The number of β-amino-alcohol motifs (C(OH)–C–C–N with tert-alkyl or cyclic N) is 1. The molecule has 0 radical (unpaired) electrons. The lowest BCUT2D eigenvalue weighted by molar-refractivity contribution is 0.0449. The first-order valence-corrected chi connectivity index (χ1v) is 6.29. The molecule has 17 heavy (non-hydrogen) atoms. The minimum atomic E-state index is -0.558. The van der Waals surface area contributed by atoms with Gasteiger partial charge in [-0.3, -0.25) is 0 Å². The lowest BCUT2D eigenvalue weighted by Crippen LogP contribution is -2.46. The first-order valence-electron chi connectivity index (χ1n) is 6.29. The van der Waals surface area contributed by atoms with Crippen molar-refractivity contribution in [3.8, 4) is 0 Å². The average molecular weight is 234 g/mol. The summed E-state index contributed by atoms with van der Waals surface area (Å²) in [5.41, 5.74) is 8.71. The number of benzene rings is 1. The molecular weight excluding hydrogens is 212 g/mol. The van der Waals surface area contributed by atoms with Gasteiger partial charge in [-0.15, -0.1) is 0 Å². The van der Waals surface area contributed by atoms with Crippen LogP contribution in [0.15, 0.2) is 18.2 Å². The Labute approximate surface area is 103 Å². The molecule has 0 aliphatic carbocycles. The van der Waals surface area contributed by atoms with E-state index in [0.717, 1.165) is 31.5 Å². The highest BCUT2D eigenvalue weighted by Gasteiger charge is 2.28. The van der Waals surface area contributed by atoms with Gasteiger partial charge in [0.05, 0.1) is 5.60 Å². The zero-order valence-electron chi connectivity index (χ0n) is 10.7. The number of piperidine rings is 1. The Kier molecular flexibility index (Phi) is 3.40. The second-order valence-electron chi connectivity index (χ2n) is 5.35. The van der Waals surface area contributed by atoms with Gasteiger partial charge in [0.15, 0.2) is 0 Å². The van der Waals surface area contributed by atoms with Crippen molar-refractivity contribution in [3.05, 3.63) is 29.3 Å². The summed E-state index contributed by atoms with van der Waals surface area (Å²) in [6, 6.07) is 6.34. The van der Waals surface area contributed by atoms with Gasteiger partial charge in [-0.05, 0) is 43.9 Å². The van der Waals surface area contributed by atoms with E-state index in [2.05, 4.69) is 30.0 Å². The molecule has 1 heterocycles. The summed E-state index contributed by atoms with van der Waals surface area (Å²) in [7, 11) is 0.